The zero-order chi connectivity index (χ0) is 16.3. The van der Waals surface area contributed by atoms with Crippen LogP contribution in [-0.4, -0.2) is 39.3 Å². The van der Waals surface area contributed by atoms with Gasteiger partial charge in [0, 0.05) is 11.1 Å². The standard InChI is InChI=1S/C15H17N3O4/c1-9-6-7-10-4-3-5-11(12(10)17-9)18-14(21)16-8-15(2,22)13(19)20/h3-7,22H,8H2,1-2H3,(H,19,20)(H2,16,18,21). The van der Waals surface area contributed by atoms with E-state index >= 15 is 0 Å². The number of hydrogen-bond donors (Lipinski definition) is 4. The number of urea groups is 1. The summed E-state index contributed by atoms with van der Waals surface area (Å²) in [4.78, 5) is 27.0. The molecule has 1 heterocycles. The summed E-state index contributed by atoms with van der Waals surface area (Å²) >= 11 is 0. The molecule has 0 aliphatic carbocycles. The first-order chi connectivity index (χ1) is 10.3. The van der Waals surface area contributed by atoms with Gasteiger partial charge in [0.1, 0.15) is 0 Å². The highest BCUT2D eigenvalue weighted by Crippen LogP contribution is 2.21. The Bertz CT molecular complexity index is 728. The van der Waals surface area contributed by atoms with Gasteiger partial charge in [0.25, 0.3) is 0 Å². The van der Waals surface area contributed by atoms with Crippen molar-refractivity contribution < 1.29 is 19.8 Å². The maximum atomic E-state index is 11.9. The normalized spacial score (nSPS) is 13.4. The Morgan fingerprint density at radius 2 is 2.00 bits per heavy atom. The molecular weight excluding hydrogens is 286 g/mol. The highest BCUT2D eigenvalue weighted by atomic mass is 16.4. The predicted octanol–water partition coefficient (Wildman–Crippen LogP) is 1.50. The van der Waals surface area contributed by atoms with E-state index in [1.54, 1.807) is 12.1 Å². The first-order valence-corrected chi connectivity index (χ1v) is 6.66. The fourth-order valence-corrected chi connectivity index (χ4v) is 1.84. The number of carbonyl (C=O) groups excluding carboxylic acids is 1. The molecule has 0 fully saturated rings. The van der Waals surface area contributed by atoms with Crippen LogP contribution in [0.15, 0.2) is 30.3 Å². The van der Waals surface area contributed by atoms with E-state index in [1.165, 1.54) is 0 Å². The first-order valence-electron chi connectivity index (χ1n) is 6.66. The van der Waals surface area contributed by atoms with Crippen molar-refractivity contribution in [1.82, 2.24) is 10.3 Å². The smallest absolute Gasteiger partial charge is 0.337 e. The topological polar surface area (TPSA) is 112 Å². The summed E-state index contributed by atoms with van der Waals surface area (Å²) in [6.07, 6.45) is 0. The van der Waals surface area contributed by atoms with Crippen molar-refractivity contribution in [3.8, 4) is 0 Å². The molecule has 0 bridgehead atoms. The van der Waals surface area contributed by atoms with Gasteiger partial charge in [-0.2, -0.15) is 0 Å². The SMILES string of the molecule is Cc1ccc2cccc(NC(=O)NCC(C)(O)C(=O)O)c2n1. The Kier molecular flexibility index (Phi) is 4.27. The van der Waals surface area contributed by atoms with Gasteiger partial charge in [0.15, 0.2) is 5.60 Å². The molecule has 1 unspecified atom stereocenters. The predicted molar refractivity (Wildman–Crippen MR) is 81.8 cm³/mol. The molecule has 22 heavy (non-hydrogen) atoms. The van der Waals surface area contributed by atoms with Crippen LogP contribution in [-0.2, 0) is 4.79 Å². The molecule has 2 rings (SSSR count). The molecule has 4 N–H and O–H groups in total. The van der Waals surface area contributed by atoms with E-state index < -0.39 is 24.1 Å². The van der Waals surface area contributed by atoms with Crippen molar-refractivity contribution in [3.63, 3.8) is 0 Å². The van der Waals surface area contributed by atoms with Gasteiger partial charge in [-0.25, -0.2) is 9.59 Å². The van der Waals surface area contributed by atoms with E-state index in [-0.39, 0.29) is 0 Å². The van der Waals surface area contributed by atoms with Crippen LogP contribution in [0.2, 0.25) is 0 Å². The van der Waals surface area contributed by atoms with Crippen molar-refractivity contribution in [2.24, 2.45) is 0 Å². The zero-order valence-electron chi connectivity index (χ0n) is 12.3. The highest BCUT2D eigenvalue weighted by Gasteiger charge is 2.30. The van der Waals surface area contributed by atoms with Crippen molar-refractivity contribution in [1.29, 1.82) is 0 Å². The summed E-state index contributed by atoms with van der Waals surface area (Å²) in [5.41, 5.74) is -0.0578. The van der Waals surface area contributed by atoms with Crippen LogP contribution in [0, 0.1) is 6.92 Å². The molecule has 116 valence electrons. The van der Waals surface area contributed by atoms with E-state index in [0.29, 0.717) is 11.2 Å². The fourth-order valence-electron chi connectivity index (χ4n) is 1.84. The van der Waals surface area contributed by atoms with Crippen LogP contribution in [0.5, 0.6) is 0 Å². The number of carboxylic acid groups (broad SMARTS) is 1. The summed E-state index contributed by atoms with van der Waals surface area (Å²) < 4.78 is 0. The minimum absolute atomic E-state index is 0.411. The summed E-state index contributed by atoms with van der Waals surface area (Å²) in [5.74, 6) is -1.41. The second kappa shape index (κ2) is 5.98. The Labute approximate surface area is 127 Å². The molecule has 2 amide bonds. The van der Waals surface area contributed by atoms with E-state index in [9.17, 15) is 14.7 Å². The minimum Gasteiger partial charge on any atom is -0.479 e. The maximum absolute atomic E-state index is 11.9. The van der Waals surface area contributed by atoms with Gasteiger partial charge in [-0.05, 0) is 26.0 Å². The average Bonchev–Trinajstić information content (AvgIpc) is 2.46. The van der Waals surface area contributed by atoms with Gasteiger partial charge >= 0.3 is 12.0 Å². The molecule has 0 saturated carbocycles. The van der Waals surface area contributed by atoms with Crippen molar-refractivity contribution >= 4 is 28.6 Å². The number of aryl methyl sites for hydroxylation is 1. The number of benzene rings is 1. The molecule has 1 aromatic carbocycles. The van der Waals surface area contributed by atoms with Crippen molar-refractivity contribution in [3.05, 3.63) is 36.0 Å². The third-order valence-corrected chi connectivity index (χ3v) is 3.16. The number of carbonyl (C=O) groups is 2. The molecule has 7 nitrogen and oxygen atoms in total. The van der Waals surface area contributed by atoms with Crippen molar-refractivity contribution in [2.75, 3.05) is 11.9 Å². The quantitative estimate of drug-likeness (QED) is 0.684. The molecule has 0 aliphatic rings. The van der Waals surface area contributed by atoms with Crippen LogP contribution < -0.4 is 10.6 Å². The number of nitrogens with one attached hydrogen (secondary N) is 2. The van der Waals surface area contributed by atoms with Gasteiger partial charge in [-0.3, -0.25) is 4.98 Å². The zero-order valence-corrected chi connectivity index (χ0v) is 12.3. The molecule has 1 aromatic heterocycles. The number of aromatic nitrogens is 1. The monoisotopic (exact) mass is 303 g/mol. The molecule has 0 spiro atoms. The van der Waals surface area contributed by atoms with E-state index in [0.717, 1.165) is 18.0 Å². The van der Waals surface area contributed by atoms with Gasteiger partial charge in [-0.15, -0.1) is 0 Å². The number of anilines is 1. The van der Waals surface area contributed by atoms with E-state index in [4.69, 9.17) is 5.11 Å². The molecular formula is C15H17N3O4. The van der Waals surface area contributed by atoms with Crippen LogP contribution in [0.1, 0.15) is 12.6 Å². The van der Waals surface area contributed by atoms with Crippen LogP contribution >= 0.6 is 0 Å². The number of aliphatic hydroxyl groups is 1. The van der Waals surface area contributed by atoms with E-state index in [1.807, 2.05) is 25.1 Å². The first kappa shape index (κ1) is 15.7. The lowest BCUT2D eigenvalue weighted by atomic mass is 10.1. The molecule has 1 atom stereocenters. The second-order valence-electron chi connectivity index (χ2n) is 5.22. The summed E-state index contributed by atoms with van der Waals surface area (Å²) in [6.45, 7) is 2.55. The average molecular weight is 303 g/mol. The van der Waals surface area contributed by atoms with Crippen LogP contribution in [0.3, 0.4) is 0 Å². The highest BCUT2D eigenvalue weighted by molar-refractivity contribution is 5.99. The van der Waals surface area contributed by atoms with Crippen molar-refractivity contribution in [2.45, 2.75) is 19.4 Å². The Balaban J connectivity index is 2.12. The second-order valence-corrected chi connectivity index (χ2v) is 5.22. The lowest BCUT2D eigenvalue weighted by Gasteiger charge is -2.18. The van der Waals surface area contributed by atoms with Crippen LogP contribution in [0.4, 0.5) is 10.5 Å². The van der Waals surface area contributed by atoms with E-state index in [2.05, 4.69) is 15.6 Å². The number of amides is 2. The summed E-state index contributed by atoms with van der Waals surface area (Å²) in [6, 6.07) is 8.51. The van der Waals surface area contributed by atoms with Crippen LogP contribution in [0.25, 0.3) is 10.9 Å². The number of aliphatic carboxylic acids is 1. The van der Waals surface area contributed by atoms with Gasteiger partial charge in [0.05, 0.1) is 17.7 Å². The summed E-state index contributed by atoms with van der Waals surface area (Å²) in [5, 5.41) is 24.2. The molecule has 0 radical (unpaired) electrons. The molecule has 2 aromatic rings. The Morgan fingerprint density at radius 3 is 2.68 bits per heavy atom. The lowest BCUT2D eigenvalue weighted by molar-refractivity contribution is -0.155. The van der Waals surface area contributed by atoms with Gasteiger partial charge in [0.2, 0.25) is 0 Å². The Morgan fingerprint density at radius 1 is 1.27 bits per heavy atom. The number of rotatable bonds is 4. The molecule has 0 aliphatic heterocycles. The molecule has 7 heteroatoms. The lowest BCUT2D eigenvalue weighted by Crippen LogP contribution is -2.47. The number of fused-ring (bicyclic) bond motifs is 1. The third kappa shape index (κ3) is 3.50. The number of nitrogens with zero attached hydrogens (tertiary/aromatic N) is 1. The largest absolute Gasteiger partial charge is 0.479 e. The third-order valence-electron chi connectivity index (χ3n) is 3.16. The van der Waals surface area contributed by atoms with Gasteiger partial charge < -0.3 is 20.8 Å². The Hall–Kier alpha value is -2.67. The maximum Gasteiger partial charge on any atom is 0.337 e. The fraction of sp³-hybridized carbons (Fsp3) is 0.267. The number of para-hydroxylation sites is 1. The minimum atomic E-state index is -2.02. The number of carboxylic acids is 1. The molecule has 0 saturated heterocycles. The van der Waals surface area contributed by atoms with Gasteiger partial charge in [-0.1, -0.05) is 18.2 Å². The number of hydrogen-bond acceptors (Lipinski definition) is 4. The number of pyridine rings is 1. The summed E-state index contributed by atoms with van der Waals surface area (Å²) in [7, 11) is 0.